The van der Waals surface area contributed by atoms with Crippen molar-refractivity contribution in [2.24, 2.45) is 0 Å². The van der Waals surface area contributed by atoms with Crippen molar-refractivity contribution in [1.82, 2.24) is 15.5 Å². The number of sulfonamides is 1. The van der Waals surface area contributed by atoms with E-state index in [1.54, 1.807) is 0 Å². The molecule has 1 aromatic heterocycles. The van der Waals surface area contributed by atoms with Crippen LogP contribution in [0.25, 0.3) is 0 Å². The number of nitrogens with zero attached hydrogens (tertiary/aromatic N) is 2. The molecule has 3 N–H and O–H groups in total. The minimum Gasteiger partial charge on any atom is -0.320 e. The zero-order valence-corrected chi connectivity index (χ0v) is 12.9. The first kappa shape index (κ1) is 18.0. The van der Waals surface area contributed by atoms with Crippen LogP contribution >= 0.6 is 23.7 Å². The third-order valence-corrected chi connectivity index (χ3v) is 3.22. The number of carbonyl (C=O) groups is 1. The molecule has 0 bridgehead atoms. The fourth-order valence-electron chi connectivity index (χ4n) is 1.08. The third-order valence-electron chi connectivity index (χ3n) is 1.77. The number of anilines is 2. The van der Waals surface area contributed by atoms with Crippen LogP contribution in [-0.2, 0) is 14.8 Å². The lowest BCUT2D eigenvalue weighted by Crippen LogP contribution is -2.15. The Labute approximate surface area is 121 Å². The van der Waals surface area contributed by atoms with Gasteiger partial charge in [0.05, 0.1) is 6.26 Å². The molecule has 0 radical (unpaired) electrons. The van der Waals surface area contributed by atoms with Gasteiger partial charge in [0.25, 0.3) is 0 Å². The Morgan fingerprint density at radius 1 is 1.32 bits per heavy atom. The van der Waals surface area contributed by atoms with E-state index in [1.165, 1.54) is 0 Å². The highest BCUT2D eigenvalue weighted by Gasteiger charge is 2.10. The Bertz CT molecular complexity index is 504. The lowest BCUT2D eigenvalue weighted by atomic mass is 10.3. The van der Waals surface area contributed by atoms with Crippen molar-refractivity contribution in [3.05, 3.63) is 0 Å². The van der Waals surface area contributed by atoms with Crippen molar-refractivity contribution < 1.29 is 13.2 Å². The first-order valence-electron chi connectivity index (χ1n) is 5.16. The van der Waals surface area contributed by atoms with Gasteiger partial charge in [-0.2, -0.15) is 0 Å². The number of rotatable bonds is 7. The van der Waals surface area contributed by atoms with Crippen LogP contribution < -0.4 is 15.4 Å². The van der Waals surface area contributed by atoms with Crippen molar-refractivity contribution in [1.29, 1.82) is 0 Å². The molecule has 0 aromatic carbocycles. The van der Waals surface area contributed by atoms with E-state index in [2.05, 4.69) is 25.6 Å². The molecule has 19 heavy (non-hydrogen) atoms. The zero-order chi connectivity index (χ0) is 13.6. The molecule has 8 nitrogen and oxygen atoms in total. The molecule has 0 fully saturated rings. The minimum absolute atomic E-state index is 0. The SMILES string of the molecule is CNCCCC(=O)Nc1nnc(NS(C)(=O)=O)s1.Cl. The molecule has 0 atom stereocenters. The van der Waals surface area contributed by atoms with Crippen molar-refractivity contribution in [3.8, 4) is 0 Å². The molecule has 1 heterocycles. The van der Waals surface area contributed by atoms with Crippen molar-refractivity contribution >= 4 is 49.9 Å². The quantitative estimate of drug-likeness (QED) is 0.619. The second-order valence-corrected chi connectivity index (χ2v) is 6.27. The molecule has 0 saturated carbocycles. The van der Waals surface area contributed by atoms with Crippen LogP contribution in [0.15, 0.2) is 0 Å². The van der Waals surface area contributed by atoms with Gasteiger partial charge in [0, 0.05) is 6.42 Å². The Kier molecular flexibility index (Phi) is 7.83. The van der Waals surface area contributed by atoms with Crippen LogP contribution in [0.5, 0.6) is 0 Å². The Balaban J connectivity index is 0.00000324. The van der Waals surface area contributed by atoms with E-state index in [-0.39, 0.29) is 28.6 Å². The fraction of sp³-hybridized carbons (Fsp3) is 0.625. The van der Waals surface area contributed by atoms with Gasteiger partial charge in [-0.3, -0.25) is 9.52 Å². The number of halogens is 1. The maximum atomic E-state index is 11.4. The Morgan fingerprint density at radius 3 is 2.53 bits per heavy atom. The van der Waals surface area contributed by atoms with Crippen LogP contribution in [0.1, 0.15) is 12.8 Å². The minimum atomic E-state index is -3.37. The number of hydrogen-bond acceptors (Lipinski definition) is 7. The smallest absolute Gasteiger partial charge is 0.231 e. The topological polar surface area (TPSA) is 113 Å². The van der Waals surface area contributed by atoms with Crippen LogP contribution in [0.3, 0.4) is 0 Å². The van der Waals surface area contributed by atoms with Gasteiger partial charge < -0.3 is 10.6 Å². The Morgan fingerprint density at radius 2 is 1.95 bits per heavy atom. The highest BCUT2D eigenvalue weighted by atomic mass is 35.5. The monoisotopic (exact) mass is 329 g/mol. The second-order valence-electron chi connectivity index (χ2n) is 3.54. The summed E-state index contributed by atoms with van der Waals surface area (Å²) in [7, 11) is -1.56. The number of nitrogens with one attached hydrogen (secondary N) is 3. The number of hydrogen-bond donors (Lipinski definition) is 3. The molecule has 1 rings (SSSR count). The number of amides is 1. The molecular formula is C8H16ClN5O3S2. The summed E-state index contributed by atoms with van der Waals surface area (Å²) in [5.41, 5.74) is 0. The summed E-state index contributed by atoms with van der Waals surface area (Å²) < 4.78 is 24.1. The molecule has 110 valence electrons. The van der Waals surface area contributed by atoms with Crippen molar-refractivity contribution in [2.75, 3.05) is 29.9 Å². The maximum Gasteiger partial charge on any atom is 0.231 e. The third kappa shape index (κ3) is 7.93. The summed E-state index contributed by atoms with van der Waals surface area (Å²) in [6.07, 6.45) is 2.11. The van der Waals surface area contributed by atoms with Gasteiger partial charge in [0.1, 0.15) is 0 Å². The molecule has 0 aliphatic rings. The molecule has 0 aliphatic carbocycles. The van der Waals surface area contributed by atoms with Gasteiger partial charge in [-0.25, -0.2) is 8.42 Å². The molecule has 0 spiro atoms. The molecule has 11 heteroatoms. The van der Waals surface area contributed by atoms with Gasteiger partial charge in [0.2, 0.25) is 26.2 Å². The summed E-state index contributed by atoms with van der Waals surface area (Å²) in [6.45, 7) is 0.754. The fourth-order valence-corrected chi connectivity index (χ4v) is 2.57. The number of aromatic nitrogens is 2. The standard InChI is InChI=1S/C8H15N5O3S2.ClH/c1-9-5-3-4-6(14)10-7-11-12-8(17-7)13-18(2,15)16;/h9H,3-5H2,1-2H3,(H,12,13)(H,10,11,14);1H. The van der Waals surface area contributed by atoms with Gasteiger partial charge in [-0.05, 0) is 20.0 Å². The average Bonchev–Trinajstić information content (AvgIpc) is 2.63. The molecule has 0 unspecified atom stereocenters. The van der Waals surface area contributed by atoms with Crippen LogP contribution in [0, 0.1) is 0 Å². The zero-order valence-electron chi connectivity index (χ0n) is 10.5. The molecule has 0 aliphatic heterocycles. The molecule has 0 saturated heterocycles. The molecular weight excluding hydrogens is 314 g/mol. The maximum absolute atomic E-state index is 11.4. The van der Waals surface area contributed by atoms with E-state index < -0.39 is 10.0 Å². The van der Waals surface area contributed by atoms with E-state index in [0.717, 1.165) is 30.6 Å². The predicted octanol–water partition coefficient (Wildman–Crippen LogP) is 0.269. The van der Waals surface area contributed by atoms with Crippen LogP contribution in [-0.4, -0.2) is 44.4 Å². The van der Waals surface area contributed by atoms with Gasteiger partial charge in [0.15, 0.2) is 0 Å². The van der Waals surface area contributed by atoms with Crippen LogP contribution in [0.4, 0.5) is 10.3 Å². The number of carbonyl (C=O) groups excluding carboxylic acids is 1. The van der Waals surface area contributed by atoms with Gasteiger partial charge >= 0.3 is 0 Å². The summed E-state index contributed by atoms with van der Waals surface area (Å²) in [5.74, 6) is -0.174. The average molecular weight is 330 g/mol. The molecule has 1 aromatic rings. The van der Waals surface area contributed by atoms with E-state index >= 15 is 0 Å². The lowest BCUT2D eigenvalue weighted by molar-refractivity contribution is -0.116. The highest BCUT2D eigenvalue weighted by molar-refractivity contribution is 7.92. The van der Waals surface area contributed by atoms with E-state index in [0.29, 0.717) is 6.42 Å². The van der Waals surface area contributed by atoms with Crippen molar-refractivity contribution in [2.45, 2.75) is 12.8 Å². The Hall–Kier alpha value is -0.970. The second kappa shape index (κ2) is 8.25. The van der Waals surface area contributed by atoms with Crippen molar-refractivity contribution in [3.63, 3.8) is 0 Å². The van der Waals surface area contributed by atoms with E-state index in [9.17, 15) is 13.2 Å². The van der Waals surface area contributed by atoms with E-state index in [4.69, 9.17) is 0 Å². The molecule has 1 amide bonds. The highest BCUT2D eigenvalue weighted by Crippen LogP contribution is 2.20. The van der Waals surface area contributed by atoms with E-state index in [1.807, 2.05) is 7.05 Å². The largest absolute Gasteiger partial charge is 0.320 e. The summed E-state index contributed by atoms with van der Waals surface area (Å²) in [4.78, 5) is 11.4. The first-order chi connectivity index (χ1) is 8.40. The van der Waals surface area contributed by atoms with Gasteiger partial charge in [-0.1, -0.05) is 11.3 Å². The first-order valence-corrected chi connectivity index (χ1v) is 7.87. The summed E-state index contributed by atoms with van der Waals surface area (Å²) >= 11 is 0.967. The predicted molar refractivity (Wildman–Crippen MR) is 77.4 cm³/mol. The van der Waals surface area contributed by atoms with Gasteiger partial charge in [-0.15, -0.1) is 22.6 Å². The summed E-state index contributed by atoms with van der Waals surface area (Å²) in [6, 6.07) is 0. The lowest BCUT2D eigenvalue weighted by Gasteiger charge is -2.00. The summed E-state index contributed by atoms with van der Waals surface area (Å²) in [5, 5.41) is 13.2. The normalized spacial score (nSPS) is 10.6. The van der Waals surface area contributed by atoms with Crippen LogP contribution in [0.2, 0.25) is 0 Å².